The number of ether oxygens (including phenoxy) is 2. The Labute approximate surface area is 128 Å². The molecule has 0 bridgehead atoms. The number of fused-ring (bicyclic) bond motifs is 1. The topological polar surface area (TPSA) is 72.7 Å². The number of nitrogens with one attached hydrogen (secondary N) is 2. The first-order valence-electron chi connectivity index (χ1n) is 7.24. The number of furan rings is 1. The second-order valence-electron chi connectivity index (χ2n) is 4.96. The highest BCUT2D eigenvalue weighted by Crippen LogP contribution is 2.30. The highest BCUT2D eigenvalue weighted by atomic mass is 16.6. The summed E-state index contributed by atoms with van der Waals surface area (Å²) in [5.41, 5.74) is 0. The van der Waals surface area contributed by atoms with Gasteiger partial charge in [-0.3, -0.25) is 0 Å². The molecule has 3 rings (SSSR count). The van der Waals surface area contributed by atoms with Crippen molar-refractivity contribution in [3.05, 3.63) is 48.4 Å². The van der Waals surface area contributed by atoms with Crippen molar-refractivity contribution >= 4 is 6.03 Å². The monoisotopic (exact) mass is 302 g/mol. The van der Waals surface area contributed by atoms with E-state index in [-0.39, 0.29) is 12.1 Å². The Balaban J connectivity index is 1.37. The van der Waals surface area contributed by atoms with E-state index in [2.05, 4.69) is 10.6 Å². The number of hydrogen-bond acceptors (Lipinski definition) is 4. The van der Waals surface area contributed by atoms with Crippen molar-refractivity contribution in [1.82, 2.24) is 10.6 Å². The van der Waals surface area contributed by atoms with Gasteiger partial charge in [0.05, 0.1) is 12.8 Å². The van der Waals surface area contributed by atoms with Gasteiger partial charge >= 0.3 is 6.03 Å². The fourth-order valence-electron chi connectivity index (χ4n) is 2.19. The Kier molecular flexibility index (Phi) is 4.48. The van der Waals surface area contributed by atoms with Gasteiger partial charge in [-0.2, -0.15) is 0 Å². The zero-order valence-electron chi connectivity index (χ0n) is 12.1. The van der Waals surface area contributed by atoms with Crippen LogP contribution in [-0.4, -0.2) is 31.8 Å². The third kappa shape index (κ3) is 3.72. The number of carbonyl (C=O) groups excluding carboxylic acids is 1. The Hall–Kier alpha value is -2.63. The minimum Gasteiger partial charge on any atom is -0.486 e. The summed E-state index contributed by atoms with van der Waals surface area (Å²) in [7, 11) is 0. The van der Waals surface area contributed by atoms with E-state index in [1.165, 1.54) is 0 Å². The summed E-state index contributed by atoms with van der Waals surface area (Å²) >= 11 is 0. The van der Waals surface area contributed by atoms with Crippen molar-refractivity contribution in [3.8, 4) is 11.5 Å². The Morgan fingerprint density at radius 1 is 1.14 bits per heavy atom. The van der Waals surface area contributed by atoms with Crippen LogP contribution >= 0.6 is 0 Å². The van der Waals surface area contributed by atoms with E-state index in [0.29, 0.717) is 31.9 Å². The molecule has 1 atom stereocenters. The molecule has 116 valence electrons. The van der Waals surface area contributed by atoms with E-state index in [1.807, 2.05) is 36.4 Å². The highest BCUT2D eigenvalue weighted by molar-refractivity contribution is 5.73. The molecule has 6 heteroatoms. The maximum Gasteiger partial charge on any atom is 0.314 e. The predicted molar refractivity (Wildman–Crippen MR) is 80.2 cm³/mol. The number of rotatable bonds is 5. The first kappa shape index (κ1) is 14.3. The van der Waals surface area contributed by atoms with Crippen LogP contribution in [0.3, 0.4) is 0 Å². The van der Waals surface area contributed by atoms with Crippen LogP contribution in [0.2, 0.25) is 0 Å². The minimum absolute atomic E-state index is 0.189. The second-order valence-corrected chi connectivity index (χ2v) is 4.96. The van der Waals surface area contributed by atoms with E-state index in [9.17, 15) is 4.79 Å². The maximum absolute atomic E-state index is 11.7. The first-order chi connectivity index (χ1) is 10.8. The van der Waals surface area contributed by atoms with Crippen molar-refractivity contribution in [3.63, 3.8) is 0 Å². The predicted octanol–water partition coefficient (Wildman–Crippen LogP) is 1.96. The summed E-state index contributed by atoms with van der Waals surface area (Å²) in [6, 6.07) is 11.0. The van der Waals surface area contributed by atoms with Crippen LogP contribution in [0.4, 0.5) is 4.79 Å². The quantitative estimate of drug-likeness (QED) is 0.885. The molecular formula is C16H18N2O4. The fourth-order valence-corrected chi connectivity index (χ4v) is 2.19. The first-order valence-corrected chi connectivity index (χ1v) is 7.24. The standard InChI is InChI=1S/C16H18N2O4/c19-16(17-8-7-12-4-3-9-20-12)18-10-13-11-21-14-5-1-2-6-15(14)22-13/h1-6,9,13H,7-8,10-11H2,(H2,17,18,19). The molecule has 1 unspecified atom stereocenters. The Bertz CT molecular complexity index is 612. The molecule has 0 saturated carbocycles. The van der Waals surface area contributed by atoms with Crippen molar-refractivity contribution < 1.29 is 18.7 Å². The minimum atomic E-state index is -0.228. The molecule has 1 aliphatic rings. The molecule has 0 fully saturated rings. The third-order valence-corrected chi connectivity index (χ3v) is 3.29. The van der Waals surface area contributed by atoms with Gasteiger partial charge < -0.3 is 24.5 Å². The van der Waals surface area contributed by atoms with Gasteiger partial charge in [-0.25, -0.2) is 4.79 Å². The van der Waals surface area contributed by atoms with Crippen LogP contribution in [0.15, 0.2) is 47.1 Å². The maximum atomic E-state index is 11.7. The van der Waals surface area contributed by atoms with Crippen LogP contribution in [0.25, 0.3) is 0 Å². The van der Waals surface area contributed by atoms with E-state index in [4.69, 9.17) is 13.9 Å². The van der Waals surface area contributed by atoms with Gasteiger partial charge in [0.1, 0.15) is 12.4 Å². The van der Waals surface area contributed by atoms with Crippen LogP contribution in [0, 0.1) is 0 Å². The number of benzene rings is 1. The van der Waals surface area contributed by atoms with Crippen LogP contribution in [0.5, 0.6) is 11.5 Å². The zero-order chi connectivity index (χ0) is 15.2. The molecular weight excluding hydrogens is 284 g/mol. The number of carbonyl (C=O) groups is 1. The lowest BCUT2D eigenvalue weighted by molar-refractivity contribution is 0.0918. The van der Waals surface area contributed by atoms with Gasteiger partial charge in [0.15, 0.2) is 17.6 Å². The summed E-state index contributed by atoms with van der Waals surface area (Å²) in [5, 5.41) is 5.55. The van der Waals surface area contributed by atoms with Gasteiger partial charge in [0.2, 0.25) is 0 Å². The van der Waals surface area contributed by atoms with Crippen LogP contribution in [0.1, 0.15) is 5.76 Å². The summed E-state index contributed by atoms with van der Waals surface area (Å²) in [4.78, 5) is 11.7. The van der Waals surface area contributed by atoms with Crippen molar-refractivity contribution in [1.29, 1.82) is 0 Å². The molecule has 2 aromatic rings. The molecule has 6 nitrogen and oxygen atoms in total. The number of amides is 2. The molecule has 1 aliphatic heterocycles. The van der Waals surface area contributed by atoms with E-state index >= 15 is 0 Å². The van der Waals surface area contributed by atoms with E-state index in [0.717, 1.165) is 11.5 Å². The smallest absolute Gasteiger partial charge is 0.314 e. The number of urea groups is 1. The van der Waals surface area contributed by atoms with Crippen molar-refractivity contribution in [2.24, 2.45) is 0 Å². The molecule has 1 aromatic carbocycles. The average Bonchev–Trinajstić information content (AvgIpc) is 3.06. The van der Waals surface area contributed by atoms with Gasteiger partial charge in [0.25, 0.3) is 0 Å². The SMILES string of the molecule is O=C(NCCc1ccco1)NCC1COc2ccccc2O1. The summed E-state index contributed by atoms with van der Waals surface area (Å²) in [6.07, 6.45) is 2.09. The van der Waals surface area contributed by atoms with Gasteiger partial charge in [0, 0.05) is 13.0 Å². The second kappa shape index (κ2) is 6.89. The lowest BCUT2D eigenvalue weighted by atomic mass is 10.2. The molecule has 2 heterocycles. The molecule has 0 saturated heterocycles. The lowest BCUT2D eigenvalue weighted by Crippen LogP contribution is -2.44. The Morgan fingerprint density at radius 2 is 2.00 bits per heavy atom. The molecule has 0 aliphatic carbocycles. The average molecular weight is 302 g/mol. The van der Waals surface area contributed by atoms with E-state index in [1.54, 1.807) is 6.26 Å². The molecule has 2 amide bonds. The molecule has 0 radical (unpaired) electrons. The van der Waals surface area contributed by atoms with Gasteiger partial charge in [-0.1, -0.05) is 12.1 Å². The molecule has 0 spiro atoms. The summed E-state index contributed by atoms with van der Waals surface area (Å²) < 4.78 is 16.5. The largest absolute Gasteiger partial charge is 0.486 e. The highest BCUT2D eigenvalue weighted by Gasteiger charge is 2.20. The van der Waals surface area contributed by atoms with Gasteiger partial charge in [-0.05, 0) is 24.3 Å². The zero-order valence-corrected chi connectivity index (χ0v) is 12.1. The molecule has 22 heavy (non-hydrogen) atoms. The van der Waals surface area contributed by atoms with Crippen LogP contribution in [-0.2, 0) is 6.42 Å². The fraction of sp³-hybridized carbons (Fsp3) is 0.312. The molecule has 1 aromatic heterocycles. The van der Waals surface area contributed by atoms with E-state index < -0.39 is 0 Å². The normalized spacial score (nSPS) is 16.1. The summed E-state index contributed by atoms with van der Waals surface area (Å²) in [6.45, 7) is 1.33. The third-order valence-electron chi connectivity index (χ3n) is 3.29. The summed E-state index contributed by atoms with van der Waals surface area (Å²) in [5.74, 6) is 2.29. The Morgan fingerprint density at radius 3 is 2.82 bits per heavy atom. The number of hydrogen-bond donors (Lipinski definition) is 2. The van der Waals surface area contributed by atoms with Gasteiger partial charge in [-0.15, -0.1) is 0 Å². The van der Waals surface area contributed by atoms with Crippen LogP contribution < -0.4 is 20.1 Å². The van der Waals surface area contributed by atoms with Crippen molar-refractivity contribution in [2.75, 3.05) is 19.7 Å². The lowest BCUT2D eigenvalue weighted by Gasteiger charge is -2.26. The van der Waals surface area contributed by atoms with Crippen molar-refractivity contribution in [2.45, 2.75) is 12.5 Å². The number of para-hydroxylation sites is 2. The molecule has 2 N–H and O–H groups in total.